The monoisotopic (exact) mass is 258 g/mol. The third-order valence-corrected chi connectivity index (χ3v) is 4.48. The van der Waals surface area contributed by atoms with Gasteiger partial charge in [0.1, 0.15) is 0 Å². The molecule has 1 aliphatic rings. The summed E-state index contributed by atoms with van der Waals surface area (Å²) in [7, 11) is 1.76. The highest BCUT2D eigenvalue weighted by atomic mass is 32.2. The lowest BCUT2D eigenvalue weighted by atomic mass is 10.2. The maximum absolute atomic E-state index is 11.8. The summed E-state index contributed by atoms with van der Waals surface area (Å²) in [6.07, 6.45) is 2.24. The van der Waals surface area contributed by atoms with Crippen LogP contribution in [0.25, 0.3) is 0 Å². The lowest BCUT2D eigenvalue weighted by Gasteiger charge is -2.21. The average Bonchev–Trinajstić information content (AvgIpc) is 2.79. The SMILES string of the molecule is CNc1nnc(C(=O)NC2CCCSC2)s1. The molecule has 0 saturated carbocycles. The second-order valence-electron chi connectivity index (χ2n) is 3.55. The molecule has 2 rings (SSSR count). The van der Waals surface area contributed by atoms with Gasteiger partial charge in [0.05, 0.1) is 0 Å². The second kappa shape index (κ2) is 5.49. The number of nitrogens with zero attached hydrogens (tertiary/aromatic N) is 2. The molecule has 1 amide bonds. The molecule has 2 N–H and O–H groups in total. The van der Waals surface area contributed by atoms with E-state index in [1.54, 1.807) is 7.05 Å². The van der Waals surface area contributed by atoms with Crippen molar-refractivity contribution >= 4 is 34.1 Å². The molecule has 2 heterocycles. The van der Waals surface area contributed by atoms with Crippen molar-refractivity contribution in [3.05, 3.63) is 5.01 Å². The van der Waals surface area contributed by atoms with Crippen LogP contribution in [0.5, 0.6) is 0 Å². The van der Waals surface area contributed by atoms with Crippen molar-refractivity contribution in [2.45, 2.75) is 18.9 Å². The van der Waals surface area contributed by atoms with Crippen molar-refractivity contribution in [2.75, 3.05) is 23.9 Å². The molecular weight excluding hydrogens is 244 g/mol. The maximum Gasteiger partial charge on any atom is 0.282 e. The molecule has 0 aromatic carbocycles. The zero-order valence-electron chi connectivity index (χ0n) is 9.02. The van der Waals surface area contributed by atoms with E-state index in [4.69, 9.17) is 0 Å². The van der Waals surface area contributed by atoms with Crippen LogP contribution in [0, 0.1) is 0 Å². The van der Waals surface area contributed by atoms with Crippen LogP contribution in [0.4, 0.5) is 5.13 Å². The fraction of sp³-hybridized carbons (Fsp3) is 0.667. The number of carbonyl (C=O) groups excluding carboxylic acids is 1. The minimum atomic E-state index is -0.105. The molecule has 0 bridgehead atoms. The van der Waals surface area contributed by atoms with Gasteiger partial charge in [0.2, 0.25) is 10.1 Å². The normalized spacial score (nSPS) is 20.4. The number of amides is 1. The summed E-state index contributed by atoms with van der Waals surface area (Å²) in [5.41, 5.74) is 0. The third kappa shape index (κ3) is 2.85. The van der Waals surface area contributed by atoms with Gasteiger partial charge >= 0.3 is 0 Å². The van der Waals surface area contributed by atoms with Gasteiger partial charge in [-0.3, -0.25) is 4.79 Å². The Balaban J connectivity index is 1.91. The smallest absolute Gasteiger partial charge is 0.282 e. The first-order valence-corrected chi connectivity index (χ1v) is 7.16. The van der Waals surface area contributed by atoms with E-state index < -0.39 is 0 Å². The van der Waals surface area contributed by atoms with E-state index in [1.165, 1.54) is 23.5 Å². The van der Waals surface area contributed by atoms with Gasteiger partial charge in [-0.2, -0.15) is 11.8 Å². The molecule has 1 saturated heterocycles. The zero-order valence-corrected chi connectivity index (χ0v) is 10.7. The molecule has 5 nitrogen and oxygen atoms in total. The van der Waals surface area contributed by atoms with E-state index >= 15 is 0 Å². The predicted molar refractivity (Wildman–Crippen MR) is 67.3 cm³/mol. The summed E-state index contributed by atoms with van der Waals surface area (Å²) in [6, 6.07) is 0.285. The van der Waals surface area contributed by atoms with Gasteiger partial charge in [-0.15, -0.1) is 10.2 Å². The van der Waals surface area contributed by atoms with E-state index in [1.807, 2.05) is 11.8 Å². The molecular formula is C9H14N4OS2. The Morgan fingerprint density at radius 2 is 2.38 bits per heavy atom. The fourth-order valence-corrected chi connectivity index (χ4v) is 3.19. The largest absolute Gasteiger partial charge is 0.363 e. The highest BCUT2D eigenvalue weighted by Gasteiger charge is 2.19. The van der Waals surface area contributed by atoms with Gasteiger partial charge in [0.15, 0.2) is 0 Å². The van der Waals surface area contributed by atoms with Crippen molar-refractivity contribution in [3.63, 3.8) is 0 Å². The average molecular weight is 258 g/mol. The fourth-order valence-electron chi connectivity index (χ4n) is 1.52. The van der Waals surface area contributed by atoms with Crippen molar-refractivity contribution in [2.24, 2.45) is 0 Å². The van der Waals surface area contributed by atoms with Crippen LogP contribution in [0.2, 0.25) is 0 Å². The Kier molecular flexibility index (Phi) is 4.00. The molecule has 1 aromatic heterocycles. The topological polar surface area (TPSA) is 66.9 Å². The number of rotatable bonds is 3. The van der Waals surface area contributed by atoms with Crippen molar-refractivity contribution in [1.82, 2.24) is 15.5 Å². The van der Waals surface area contributed by atoms with Gasteiger partial charge in [-0.05, 0) is 18.6 Å². The van der Waals surface area contributed by atoms with Crippen LogP contribution < -0.4 is 10.6 Å². The highest BCUT2D eigenvalue weighted by molar-refractivity contribution is 7.99. The number of carbonyl (C=O) groups is 1. The minimum absolute atomic E-state index is 0.105. The molecule has 0 spiro atoms. The van der Waals surface area contributed by atoms with Gasteiger partial charge in [0.25, 0.3) is 5.91 Å². The van der Waals surface area contributed by atoms with Crippen molar-refractivity contribution < 1.29 is 4.79 Å². The van der Waals surface area contributed by atoms with Gasteiger partial charge < -0.3 is 10.6 Å². The van der Waals surface area contributed by atoms with E-state index in [9.17, 15) is 4.79 Å². The van der Waals surface area contributed by atoms with Crippen LogP contribution in [0.3, 0.4) is 0 Å². The van der Waals surface area contributed by atoms with E-state index in [0.717, 1.165) is 12.2 Å². The van der Waals surface area contributed by atoms with E-state index in [0.29, 0.717) is 10.1 Å². The molecule has 0 aliphatic carbocycles. The molecule has 1 aliphatic heterocycles. The molecule has 0 radical (unpaired) electrons. The van der Waals surface area contributed by atoms with E-state index in [-0.39, 0.29) is 11.9 Å². The number of thioether (sulfide) groups is 1. The standard InChI is InChI=1S/C9H14N4OS2/c1-10-9-13-12-8(16-9)7(14)11-6-3-2-4-15-5-6/h6H,2-5H2,1H3,(H,10,13)(H,11,14). The summed E-state index contributed by atoms with van der Waals surface area (Å²) in [5.74, 6) is 2.10. The number of nitrogens with one attached hydrogen (secondary N) is 2. The first kappa shape index (κ1) is 11.7. The lowest BCUT2D eigenvalue weighted by molar-refractivity contribution is 0.0937. The molecule has 1 fully saturated rings. The number of anilines is 1. The van der Waals surface area contributed by atoms with E-state index in [2.05, 4.69) is 20.8 Å². The third-order valence-electron chi connectivity index (χ3n) is 2.33. The summed E-state index contributed by atoms with van der Waals surface area (Å²) in [4.78, 5) is 11.8. The molecule has 1 aromatic rings. The number of hydrogen-bond donors (Lipinski definition) is 2. The quantitative estimate of drug-likeness (QED) is 0.853. The first-order valence-electron chi connectivity index (χ1n) is 5.19. The maximum atomic E-state index is 11.8. The second-order valence-corrected chi connectivity index (χ2v) is 5.68. The van der Waals surface area contributed by atoms with Crippen LogP contribution in [0.15, 0.2) is 0 Å². The zero-order chi connectivity index (χ0) is 11.4. The summed E-state index contributed by atoms with van der Waals surface area (Å²) < 4.78 is 0. The molecule has 16 heavy (non-hydrogen) atoms. The minimum Gasteiger partial charge on any atom is -0.363 e. The van der Waals surface area contributed by atoms with Crippen LogP contribution >= 0.6 is 23.1 Å². The molecule has 1 unspecified atom stereocenters. The Morgan fingerprint density at radius 3 is 3.00 bits per heavy atom. The predicted octanol–water partition coefficient (Wildman–Crippen LogP) is 1.21. The Bertz CT molecular complexity index is 362. The Hall–Kier alpha value is -0.820. The first-order chi connectivity index (χ1) is 7.79. The van der Waals surface area contributed by atoms with Crippen LogP contribution in [-0.2, 0) is 0 Å². The summed E-state index contributed by atoms with van der Waals surface area (Å²) in [5, 5.41) is 14.6. The molecule has 7 heteroatoms. The molecule has 1 atom stereocenters. The lowest BCUT2D eigenvalue weighted by Crippen LogP contribution is -2.38. The molecule has 88 valence electrons. The van der Waals surface area contributed by atoms with Gasteiger partial charge in [-0.1, -0.05) is 11.3 Å². The van der Waals surface area contributed by atoms with Gasteiger partial charge in [-0.25, -0.2) is 0 Å². The summed E-state index contributed by atoms with van der Waals surface area (Å²) in [6.45, 7) is 0. The number of aromatic nitrogens is 2. The van der Waals surface area contributed by atoms with Crippen LogP contribution in [-0.4, -0.2) is 40.7 Å². The summed E-state index contributed by atoms with van der Waals surface area (Å²) >= 11 is 3.17. The van der Waals surface area contributed by atoms with Crippen molar-refractivity contribution in [3.8, 4) is 0 Å². The Labute approximate surface area is 102 Å². The number of hydrogen-bond acceptors (Lipinski definition) is 6. The van der Waals surface area contributed by atoms with Gasteiger partial charge in [0, 0.05) is 18.8 Å². The Morgan fingerprint density at radius 1 is 1.50 bits per heavy atom. The van der Waals surface area contributed by atoms with Crippen LogP contribution in [0.1, 0.15) is 22.6 Å². The van der Waals surface area contributed by atoms with Crippen molar-refractivity contribution in [1.29, 1.82) is 0 Å². The highest BCUT2D eigenvalue weighted by Crippen LogP contribution is 2.18.